The molecule has 7 nitrogen and oxygen atoms in total. The second-order valence-corrected chi connectivity index (χ2v) is 7.06. The highest BCUT2D eigenvalue weighted by Crippen LogP contribution is 2.26. The maximum absolute atomic E-state index is 12.9. The number of hydrogen-bond donors (Lipinski definition) is 2. The minimum Gasteiger partial charge on any atom is -0.465 e. The summed E-state index contributed by atoms with van der Waals surface area (Å²) >= 11 is 0. The second-order valence-electron chi connectivity index (χ2n) is 7.06. The molecule has 2 heterocycles. The second kappa shape index (κ2) is 7.88. The summed E-state index contributed by atoms with van der Waals surface area (Å²) in [5.41, 5.74) is 4.08. The first-order chi connectivity index (χ1) is 13.3. The van der Waals surface area contributed by atoms with Crippen molar-refractivity contribution < 1.29 is 18.7 Å². The Hall–Kier alpha value is -3.09. The fourth-order valence-electron chi connectivity index (χ4n) is 3.21. The molecule has 0 spiro atoms. The highest BCUT2D eigenvalue weighted by Gasteiger charge is 2.25. The number of aromatic amines is 1. The number of anilines is 1. The monoisotopic (exact) mass is 383 g/mol. The number of ether oxygens (including phenoxy) is 1. The van der Waals surface area contributed by atoms with E-state index in [0.717, 1.165) is 6.42 Å². The van der Waals surface area contributed by atoms with Gasteiger partial charge in [0.25, 0.3) is 5.91 Å². The van der Waals surface area contributed by atoms with Gasteiger partial charge in [0, 0.05) is 17.3 Å². The molecule has 7 heteroatoms. The molecule has 0 aliphatic heterocycles. The van der Waals surface area contributed by atoms with Crippen LogP contribution in [0.4, 0.5) is 5.69 Å². The van der Waals surface area contributed by atoms with E-state index in [-0.39, 0.29) is 11.8 Å². The molecule has 1 aromatic carbocycles. The van der Waals surface area contributed by atoms with Gasteiger partial charge in [-0.15, -0.1) is 0 Å². The third-order valence-corrected chi connectivity index (χ3v) is 4.56. The third-order valence-electron chi connectivity index (χ3n) is 4.56. The van der Waals surface area contributed by atoms with Gasteiger partial charge in [0.1, 0.15) is 11.2 Å². The average Bonchev–Trinajstić information content (AvgIpc) is 3.22. The van der Waals surface area contributed by atoms with Crippen molar-refractivity contribution in [3.8, 4) is 0 Å². The van der Waals surface area contributed by atoms with Crippen LogP contribution in [0.1, 0.15) is 71.1 Å². The van der Waals surface area contributed by atoms with Crippen molar-refractivity contribution in [3.63, 3.8) is 0 Å². The first-order valence-electron chi connectivity index (χ1n) is 9.37. The average molecular weight is 383 g/mol. The maximum Gasteiger partial charge on any atom is 0.339 e. The van der Waals surface area contributed by atoms with Crippen molar-refractivity contribution in [2.75, 3.05) is 12.4 Å². The van der Waals surface area contributed by atoms with E-state index in [9.17, 15) is 9.59 Å². The van der Waals surface area contributed by atoms with Gasteiger partial charge in [0.2, 0.25) is 0 Å². The molecule has 0 fully saturated rings. The number of hydrogen-bond acceptors (Lipinski definition) is 5. The lowest BCUT2D eigenvalue weighted by atomic mass is 10.0. The first-order valence-corrected chi connectivity index (χ1v) is 9.37. The lowest BCUT2D eigenvalue weighted by Gasteiger charge is -2.07. The lowest BCUT2D eigenvalue weighted by molar-refractivity contribution is 0.0599. The number of benzene rings is 1. The SMILES string of the molecule is CCCc1c(C(=O)Nc2ccc3oc(C(C)C)nc3c2)[nH]c(C)c1C(=O)OC. The van der Waals surface area contributed by atoms with E-state index in [1.54, 1.807) is 25.1 Å². The summed E-state index contributed by atoms with van der Waals surface area (Å²) in [5.74, 6) is 0.0854. The van der Waals surface area contributed by atoms with E-state index in [2.05, 4.69) is 15.3 Å². The zero-order valence-corrected chi connectivity index (χ0v) is 16.8. The van der Waals surface area contributed by atoms with E-state index in [1.807, 2.05) is 20.8 Å². The Kier molecular flexibility index (Phi) is 5.53. The minimum atomic E-state index is -0.443. The Balaban J connectivity index is 1.92. The minimum absolute atomic E-state index is 0.181. The van der Waals surface area contributed by atoms with Crippen LogP contribution in [0, 0.1) is 6.92 Å². The van der Waals surface area contributed by atoms with Gasteiger partial charge in [0.05, 0.1) is 12.7 Å². The van der Waals surface area contributed by atoms with Crippen LogP contribution in [-0.4, -0.2) is 29.0 Å². The molecule has 0 saturated heterocycles. The number of carbonyl (C=O) groups is 2. The number of fused-ring (bicyclic) bond motifs is 1. The van der Waals surface area contributed by atoms with Crippen LogP contribution < -0.4 is 5.32 Å². The van der Waals surface area contributed by atoms with Gasteiger partial charge < -0.3 is 19.5 Å². The Morgan fingerprint density at radius 1 is 1.32 bits per heavy atom. The normalized spacial score (nSPS) is 11.2. The zero-order chi connectivity index (χ0) is 20.4. The van der Waals surface area contributed by atoms with E-state index in [1.165, 1.54) is 7.11 Å². The van der Waals surface area contributed by atoms with Crippen molar-refractivity contribution in [2.24, 2.45) is 0 Å². The van der Waals surface area contributed by atoms with Gasteiger partial charge in [-0.1, -0.05) is 27.2 Å². The molecule has 0 atom stereocenters. The van der Waals surface area contributed by atoms with E-state index in [0.29, 0.717) is 51.6 Å². The number of aromatic nitrogens is 2. The van der Waals surface area contributed by atoms with Crippen LogP contribution >= 0.6 is 0 Å². The van der Waals surface area contributed by atoms with E-state index >= 15 is 0 Å². The molecule has 0 saturated carbocycles. The quantitative estimate of drug-likeness (QED) is 0.607. The van der Waals surface area contributed by atoms with Crippen molar-refractivity contribution in [2.45, 2.75) is 46.5 Å². The molecule has 0 radical (unpaired) electrons. The molecule has 28 heavy (non-hydrogen) atoms. The third kappa shape index (κ3) is 3.65. The van der Waals surface area contributed by atoms with Crippen LogP contribution in [0.5, 0.6) is 0 Å². The predicted molar refractivity (Wildman–Crippen MR) is 107 cm³/mol. The van der Waals surface area contributed by atoms with E-state index < -0.39 is 5.97 Å². The van der Waals surface area contributed by atoms with Crippen LogP contribution in [0.3, 0.4) is 0 Å². The predicted octanol–water partition coefficient (Wildman–Crippen LogP) is 4.58. The summed E-state index contributed by atoms with van der Waals surface area (Å²) in [4.78, 5) is 32.5. The number of methoxy groups -OCH3 is 1. The summed E-state index contributed by atoms with van der Waals surface area (Å²) in [5, 5.41) is 2.88. The largest absolute Gasteiger partial charge is 0.465 e. The molecule has 3 aromatic rings. The molecule has 0 bridgehead atoms. The topological polar surface area (TPSA) is 97.2 Å². The zero-order valence-electron chi connectivity index (χ0n) is 16.8. The maximum atomic E-state index is 12.9. The summed E-state index contributed by atoms with van der Waals surface area (Å²) in [6.45, 7) is 7.78. The number of H-pyrrole nitrogens is 1. The summed E-state index contributed by atoms with van der Waals surface area (Å²) < 4.78 is 10.6. The molecule has 148 valence electrons. The van der Waals surface area contributed by atoms with Gasteiger partial charge in [-0.3, -0.25) is 4.79 Å². The van der Waals surface area contributed by atoms with Crippen LogP contribution in [0.15, 0.2) is 22.6 Å². The van der Waals surface area contributed by atoms with Gasteiger partial charge in [-0.05, 0) is 37.1 Å². The number of aryl methyl sites for hydroxylation is 1. The summed E-state index contributed by atoms with van der Waals surface area (Å²) in [6, 6.07) is 5.34. The Morgan fingerprint density at radius 3 is 2.71 bits per heavy atom. The van der Waals surface area contributed by atoms with Crippen molar-refractivity contribution >= 4 is 28.7 Å². The highest BCUT2D eigenvalue weighted by molar-refractivity contribution is 6.07. The highest BCUT2D eigenvalue weighted by atomic mass is 16.5. The number of nitrogens with zero attached hydrogens (tertiary/aromatic N) is 1. The van der Waals surface area contributed by atoms with Crippen LogP contribution in [0.2, 0.25) is 0 Å². The lowest BCUT2D eigenvalue weighted by Crippen LogP contribution is -2.15. The Morgan fingerprint density at radius 2 is 2.07 bits per heavy atom. The van der Waals surface area contributed by atoms with E-state index in [4.69, 9.17) is 9.15 Å². The molecule has 1 amide bonds. The van der Waals surface area contributed by atoms with Crippen molar-refractivity contribution in [1.82, 2.24) is 9.97 Å². The number of amides is 1. The molecule has 3 rings (SSSR count). The molecule has 2 N–H and O–H groups in total. The molecule has 2 aromatic heterocycles. The van der Waals surface area contributed by atoms with Gasteiger partial charge in [-0.2, -0.15) is 0 Å². The van der Waals surface area contributed by atoms with Crippen molar-refractivity contribution in [3.05, 3.63) is 46.6 Å². The van der Waals surface area contributed by atoms with Crippen LogP contribution in [0.25, 0.3) is 11.1 Å². The Labute approximate surface area is 163 Å². The fraction of sp³-hybridized carbons (Fsp3) is 0.381. The van der Waals surface area contributed by atoms with Gasteiger partial charge >= 0.3 is 5.97 Å². The van der Waals surface area contributed by atoms with Gasteiger partial charge in [-0.25, -0.2) is 9.78 Å². The molecular formula is C21H25N3O4. The number of esters is 1. The number of oxazole rings is 1. The van der Waals surface area contributed by atoms with Crippen molar-refractivity contribution in [1.29, 1.82) is 0 Å². The summed E-state index contributed by atoms with van der Waals surface area (Å²) in [6.07, 6.45) is 1.39. The smallest absolute Gasteiger partial charge is 0.339 e. The number of nitrogens with one attached hydrogen (secondary N) is 2. The fourth-order valence-corrected chi connectivity index (χ4v) is 3.21. The molecule has 0 aliphatic rings. The number of carbonyl (C=O) groups excluding carboxylic acids is 2. The number of rotatable bonds is 6. The van der Waals surface area contributed by atoms with Crippen LogP contribution in [-0.2, 0) is 11.2 Å². The molecule has 0 aliphatic carbocycles. The summed E-state index contributed by atoms with van der Waals surface area (Å²) in [7, 11) is 1.34. The van der Waals surface area contributed by atoms with Gasteiger partial charge in [0.15, 0.2) is 11.5 Å². The molecule has 0 unspecified atom stereocenters. The first kappa shape index (κ1) is 19.7. The Bertz CT molecular complexity index is 1030. The molecular weight excluding hydrogens is 358 g/mol. The standard InChI is InChI=1S/C21H25N3O4/c1-6-7-14-17(21(26)27-5)12(4)22-18(14)19(25)23-13-8-9-16-15(10-13)24-20(28-16)11(2)3/h8-11,22H,6-7H2,1-5H3,(H,23,25).